The standard InChI is InChI=1S/C15H15N3O5S/c1-8(11-7-22-9-4-2-3-5-10(9)23-11)17-18-15-16-14(21)12(24-15)6-13(19)20/h2-5,11-12H,6-7H2,1H3,(H,19,20)(H,16,18,21). The van der Waals surface area contributed by atoms with E-state index in [9.17, 15) is 9.59 Å². The summed E-state index contributed by atoms with van der Waals surface area (Å²) in [4.78, 5) is 22.3. The zero-order valence-electron chi connectivity index (χ0n) is 12.8. The average Bonchev–Trinajstić information content (AvgIpc) is 2.91. The molecule has 2 N–H and O–H groups in total. The lowest BCUT2D eigenvalue weighted by atomic mass is 10.2. The van der Waals surface area contributed by atoms with Gasteiger partial charge in [0.15, 0.2) is 22.8 Å². The second kappa shape index (κ2) is 6.91. The van der Waals surface area contributed by atoms with E-state index in [4.69, 9.17) is 14.6 Å². The molecule has 1 fully saturated rings. The van der Waals surface area contributed by atoms with Gasteiger partial charge in [-0.15, -0.1) is 5.10 Å². The first-order valence-electron chi connectivity index (χ1n) is 7.23. The Bertz CT molecular complexity index is 734. The number of amides is 1. The quantitative estimate of drug-likeness (QED) is 0.626. The molecule has 24 heavy (non-hydrogen) atoms. The molecule has 1 saturated heterocycles. The number of rotatable bonds is 4. The number of carboxylic acid groups (broad SMARTS) is 1. The Morgan fingerprint density at radius 1 is 1.42 bits per heavy atom. The van der Waals surface area contributed by atoms with Crippen LogP contribution in [-0.4, -0.2) is 45.8 Å². The summed E-state index contributed by atoms with van der Waals surface area (Å²) in [6.45, 7) is 2.07. The highest BCUT2D eigenvalue weighted by atomic mass is 32.2. The third kappa shape index (κ3) is 3.67. The van der Waals surface area contributed by atoms with Gasteiger partial charge < -0.3 is 19.9 Å². The largest absolute Gasteiger partial charge is 0.485 e. The van der Waals surface area contributed by atoms with Gasteiger partial charge in [0.2, 0.25) is 5.91 Å². The first-order valence-corrected chi connectivity index (χ1v) is 8.11. The number of nitrogens with one attached hydrogen (secondary N) is 1. The third-order valence-electron chi connectivity index (χ3n) is 3.41. The van der Waals surface area contributed by atoms with Crippen molar-refractivity contribution in [2.24, 2.45) is 10.2 Å². The third-order valence-corrected chi connectivity index (χ3v) is 4.48. The van der Waals surface area contributed by atoms with E-state index >= 15 is 0 Å². The Kier molecular flexibility index (Phi) is 4.70. The number of carbonyl (C=O) groups is 2. The summed E-state index contributed by atoms with van der Waals surface area (Å²) in [5, 5.41) is 18.9. The zero-order chi connectivity index (χ0) is 17.1. The Morgan fingerprint density at radius 2 is 2.17 bits per heavy atom. The molecule has 126 valence electrons. The van der Waals surface area contributed by atoms with Crippen LogP contribution in [0.3, 0.4) is 0 Å². The van der Waals surface area contributed by atoms with Crippen LogP contribution in [0.5, 0.6) is 11.5 Å². The molecular formula is C15H15N3O5S. The van der Waals surface area contributed by atoms with Gasteiger partial charge in [-0.3, -0.25) is 9.59 Å². The molecule has 1 amide bonds. The minimum Gasteiger partial charge on any atom is -0.485 e. The second-order valence-electron chi connectivity index (χ2n) is 5.20. The number of para-hydroxylation sites is 2. The van der Waals surface area contributed by atoms with Gasteiger partial charge in [0.05, 0.1) is 12.1 Å². The Hall–Kier alpha value is -2.55. The topological polar surface area (TPSA) is 110 Å². The zero-order valence-corrected chi connectivity index (χ0v) is 13.6. The van der Waals surface area contributed by atoms with E-state index < -0.39 is 11.2 Å². The number of hydrogen-bond donors (Lipinski definition) is 2. The van der Waals surface area contributed by atoms with Crippen LogP contribution in [0.2, 0.25) is 0 Å². The number of ether oxygens (including phenoxy) is 2. The Morgan fingerprint density at radius 3 is 2.92 bits per heavy atom. The van der Waals surface area contributed by atoms with Crippen LogP contribution >= 0.6 is 11.8 Å². The molecule has 2 unspecified atom stereocenters. The molecule has 0 aromatic heterocycles. The summed E-state index contributed by atoms with van der Waals surface area (Å²) in [6, 6.07) is 7.35. The number of benzene rings is 1. The van der Waals surface area contributed by atoms with E-state index in [1.807, 2.05) is 24.3 Å². The summed E-state index contributed by atoms with van der Waals surface area (Å²) >= 11 is 1.05. The molecule has 0 aliphatic carbocycles. The van der Waals surface area contributed by atoms with Gasteiger partial charge in [-0.25, -0.2) is 0 Å². The van der Waals surface area contributed by atoms with Crippen LogP contribution in [0.15, 0.2) is 34.5 Å². The Balaban J connectivity index is 1.65. The van der Waals surface area contributed by atoms with Crippen molar-refractivity contribution in [3.8, 4) is 11.5 Å². The van der Waals surface area contributed by atoms with Gasteiger partial charge >= 0.3 is 5.97 Å². The number of carboxylic acids is 1. The van der Waals surface area contributed by atoms with Gasteiger partial charge in [-0.2, -0.15) is 5.10 Å². The molecule has 2 heterocycles. The average molecular weight is 349 g/mol. The van der Waals surface area contributed by atoms with E-state index in [1.54, 1.807) is 6.92 Å². The number of amidine groups is 1. The van der Waals surface area contributed by atoms with Crippen LogP contribution in [0.25, 0.3) is 0 Å². The van der Waals surface area contributed by atoms with E-state index in [0.717, 1.165) is 11.8 Å². The molecule has 2 aliphatic heterocycles. The van der Waals surface area contributed by atoms with Crippen molar-refractivity contribution in [1.82, 2.24) is 5.32 Å². The van der Waals surface area contributed by atoms with Crippen molar-refractivity contribution >= 4 is 34.5 Å². The maximum Gasteiger partial charge on any atom is 0.305 e. The molecule has 8 nitrogen and oxygen atoms in total. The molecule has 0 radical (unpaired) electrons. The maximum absolute atomic E-state index is 11.6. The number of hydrogen-bond acceptors (Lipinski definition) is 7. The van der Waals surface area contributed by atoms with Crippen LogP contribution < -0.4 is 14.8 Å². The van der Waals surface area contributed by atoms with Crippen molar-refractivity contribution in [1.29, 1.82) is 0 Å². The van der Waals surface area contributed by atoms with Gasteiger partial charge in [0.1, 0.15) is 11.9 Å². The molecular weight excluding hydrogens is 334 g/mol. The number of fused-ring (bicyclic) bond motifs is 1. The van der Waals surface area contributed by atoms with Crippen molar-refractivity contribution in [3.63, 3.8) is 0 Å². The number of aliphatic carboxylic acids is 1. The van der Waals surface area contributed by atoms with Crippen molar-refractivity contribution in [3.05, 3.63) is 24.3 Å². The monoisotopic (exact) mass is 349 g/mol. The Labute approximate surface area is 141 Å². The van der Waals surface area contributed by atoms with E-state index in [2.05, 4.69) is 15.5 Å². The van der Waals surface area contributed by atoms with Gasteiger partial charge in [-0.05, 0) is 19.1 Å². The molecule has 0 saturated carbocycles. The number of carbonyl (C=O) groups excluding carboxylic acids is 1. The number of nitrogens with zero attached hydrogens (tertiary/aromatic N) is 2. The van der Waals surface area contributed by atoms with Crippen LogP contribution in [-0.2, 0) is 9.59 Å². The first-order chi connectivity index (χ1) is 11.5. The lowest BCUT2D eigenvalue weighted by Gasteiger charge is -2.25. The molecule has 2 atom stereocenters. The maximum atomic E-state index is 11.6. The summed E-state index contributed by atoms with van der Waals surface area (Å²) in [5.41, 5.74) is 0.591. The molecule has 3 rings (SSSR count). The minimum atomic E-state index is -1.03. The van der Waals surface area contributed by atoms with Gasteiger partial charge in [0.25, 0.3) is 0 Å². The molecule has 9 heteroatoms. The van der Waals surface area contributed by atoms with Gasteiger partial charge in [0, 0.05) is 0 Å². The highest BCUT2D eigenvalue weighted by Gasteiger charge is 2.32. The highest BCUT2D eigenvalue weighted by molar-refractivity contribution is 8.15. The smallest absolute Gasteiger partial charge is 0.305 e. The van der Waals surface area contributed by atoms with Crippen LogP contribution in [0, 0.1) is 0 Å². The highest BCUT2D eigenvalue weighted by Crippen LogP contribution is 2.31. The van der Waals surface area contributed by atoms with E-state index in [1.165, 1.54) is 0 Å². The fraction of sp³-hybridized carbons (Fsp3) is 0.333. The lowest BCUT2D eigenvalue weighted by Crippen LogP contribution is -2.35. The predicted molar refractivity (Wildman–Crippen MR) is 88.7 cm³/mol. The van der Waals surface area contributed by atoms with Crippen LogP contribution in [0.1, 0.15) is 13.3 Å². The van der Waals surface area contributed by atoms with Crippen molar-refractivity contribution in [2.75, 3.05) is 6.61 Å². The molecule has 0 bridgehead atoms. The predicted octanol–water partition coefficient (Wildman–Crippen LogP) is 1.26. The van der Waals surface area contributed by atoms with E-state index in [-0.39, 0.29) is 23.6 Å². The van der Waals surface area contributed by atoms with Gasteiger partial charge in [-0.1, -0.05) is 23.9 Å². The second-order valence-corrected chi connectivity index (χ2v) is 6.40. The molecule has 1 aromatic rings. The molecule has 2 aliphatic rings. The minimum absolute atomic E-state index is 0.255. The van der Waals surface area contributed by atoms with E-state index in [0.29, 0.717) is 23.8 Å². The normalized spacial score (nSPS) is 24.8. The summed E-state index contributed by atoms with van der Waals surface area (Å²) in [5.74, 6) is -0.0841. The fourth-order valence-electron chi connectivity index (χ4n) is 2.16. The fourth-order valence-corrected chi connectivity index (χ4v) is 3.07. The SMILES string of the molecule is CC(=N/N=C1/NC(=O)C(CC(=O)O)S1)C1COc2ccccc2O1. The first kappa shape index (κ1) is 16.3. The summed E-state index contributed by atoms with van der Waals surface area (Å²) in [7, 11) is 0. The summed E-state index contributed by atoms with van der Waals surface area (Å²) in [6.07, 6.45) is -0.629. The lowest BCUT2D eigenvalue weighted by molar-refractivity contribution is -0.138. The van der Waals surface area contributed by atoms with Crippen molar-refractivity contribution < 1.29 is 24.2 Å². The molecule has 1 aromatic carbocycles. The number of thioether (sulfide) groups is 1. The summed E-state index contributed by atoms with van der Waals surface area (Å²) < 4.78 is 11.4. The molecule has 0 spiro atoms. The van der Waals surface area contributed by atoms with Crippen molar-refractivity contribution in [2.45, 2.75) is 24.7 Å². The van der Waals surface area contributed by atoms with Crippen LogP contribution in [0.4, 0.5) is 0 Å².